The van der Waals surface area contributed by atoms with Crippen molar-refractivity contribution in [1.82, 2.24) is 0 Å². The first kappa shape index (κ1) is 32.4. The molecule has 0 aromatic rings. The summed E-state index contributed by atoms with van der Waals surface area (Å²) in [4.78, 5) is 0. The Morgan fingerprint density at radius 3 is 0.969 bits per heavy atom. The van der Waals surface area contributed by atoms with Gasteiger partial charge >= 0.3 is 25.7 Å². The van der Waals surface area contributed by atoms with E-state index in [1.807, 2.05) is 34.6 Å². The zero-order valence-corrected chi connectivity index (χ0v) is 25.3. The van der Waals surface area contributed by atoms with Crippen molar-refractivity contribution in [2.45, 2.75) is 91.7 Å². The third-order valence-corrected chi connectivity index (χ3v) is 19.4. The van der Waals surface area contributed by atoms with Crippen molar-refractivity contribution in [3.63, 3.8) is 0 Å². The molecule has 0 bridgehead atoms. The van der Waals surface area contributed by atoms with Gasteiger partial charge in [0, 0.05) is 71.0 Å². The molecule has 0 saturated carbocycles. The summed E-state index contributed by atoms with van der Waals surface area (Å²) in [5, 5.41) is 0. The highest BCUT2D eigenvalue weighted by atomic mass is 28.5. The minimum Gasteiger partial charge on any atom is -0.415 e. The van der Waals surface area contributed by atoms with E-state index >= 15 is 0 Å². The normalized spacial score (nSPS) is 17.6. The molecule has 0 aliphatic carbocycles. The monoisotopic (exact) mass is 512 g/mol. The summed E-state index contributed by atoms with van der Waals surface area (Å²) in [6, 6.07) is 4.99. The van der Waals surface area contributed by atoms with Crippen LogP contribution in [0.5, 0.6) is 0 Å². The minimum absolute atomic E-state index is 0.633. The Hall–Kier alpha value is 0.371. The van der Waals surface area contributed by atoms with Gasteiger partial charge in [-0.05, 0) is 52.8 Å². The number of ether oxygens (including phenoxy) is 3. The molecule has 0 fully saturated rings. The van der Waals surface area contributed by atoms with E-state index in [1.54, 1.807) is 0 Å². The van der Waals surface area contributed by atoms with Crippen molar-refractivity contribution in [3.8, 4) is 0 Å². The van der Waals surface area contributed by atoms with Crippen LogP contribution in [0.25, 0.3) is 0 Å². The van der Waals surface area contributed by atoms with E-state index in [-0.39, 0.29) is 0 Å². The molecule has 0 saturated heterocycles. The van der Waals surface area contributed by atoms with Gasteiger partial charge in [0.2, 0.25) is 0 Å². The van der Waals surface area contributed by atoms with Crippen LogP contribution in [-0.4, -0.2) is 78.5 Å². The lowest BCUT2D eigenvalue weighted by Gasteiger charge is -2.44. The average Bonchev–Trinajstić information content (AvgIpc) is 2.79. The van der Waals surface area contributed by atoms with Gasteiger partial charge in [0.1, 0.15) is 0 Å². The molecule has 2 atom stereocenters. The molecule has 194 valence electrons. The number of hydrogen-bond donors (Lipinski definition) is 0. The highest BCUT2D eigenvalue weighted by Crippen LogP contribution is 2.34. The van der Waals surface area contributed by atoms with Crippen LogP contribution in [0.2, 0.25) is 36.3 Å². The summed E-state index contributed by atoms with van der Waals surface area (Å²) in [6.45, 7) is 22.0. The van der Waals surface area contributed by atoms with Crippen LogP contribution >= 0.6 is 0 Å². The molecule has 0 aliphatic heterocycles. The Balaban J connectivity index is 6.02. The molecule has 32 heavy (non-hydrogen) atoms. The number of hydrogen-bond acceptors (Lipinski definition) is 7. The van der Waals surface area contributed by atoms with E-state index in [1.165, 1.54) is 0 Å². The summed E-state index contributed by atoms with van der Waals surface area (Å²) >= 11 is 0. The van der Waals surface area contributed by atoms with Crippen LogP contribution in [-0.2, 0) is 31.3 Å². The SMILES string of the molecule is CCOCC[Si](CC)(OCC)O[Si](CC)(CCOCC)O[Si](CC)(CCOCC)OCC. The fraction of sp³-hybridized carbons (Fsp3) is 1.00. The van der Waals surface area contributed by atoms with E-state index in [0.717, 1.165) is 36.3 Å². The molecule has 0 heterocycles. The summed E-state index contributed by atoms with van der Waals surface area (Å²) < 4.78 is 44.3. The Labute approximate surface area is 201 Å². The topological polar surface area (TPSA) is 64.6 Å². The second kappa shape index (κ2) is 18.7. The van der Waals surface area contributed by atoms with Crippen LogP contribution < -0.4 is 0 Å². The Morgan fingerprint density at radius 1 is 0.406 bits per heavy atom. The highest BCUT2D eigenvalue weighted by molar-refractivity contribution is 6.87. The lowest BCUT2D eigenvalue weighted by atomic mass is 10.8. The third-order valence-electron chi connectivity index (χ3n) is 5.67. The van der Waals surface area contributed by atoms with Gasteiger partial charge in [0.05, 0.1) is 0 Å². The maximum Gasteiger partial charge on any atom is 0.331 e. The largest absolute Gasteiger partial charge is 0.415 e. The molecular formula is C22H52O7Si3. The predicted molar refractivity (Wildman–Crippen MR) is 138 cm³/mol. The third kappa shape index (κ3) is 11.7. The first-order chi connectivity index (χ1) is 15.4. The molecular weight excluding hydrogens is 460 g/mol. The van der Waals surface area contributed by atoms with Gasteiger partial charge in [0.25, 0.3) is 0 Å². The number of rotatable bonds is 23. The first-order valence-electron chi connectivity index (χ1n) is 12.8. The molecule has 10 heteroatoms. The van der Waals surface area contributed by atoms with E-state index < -0.39 is 25.7 Å². The minimum atomic E-state index is -2.68. The second-order valence-corrected chi connectivity index (χ2v) is 19.0. The lowest BCUT2D eigenvalue weighted by molar-refractivity contribution is 0.132. The molecule has 0 amide bonds. The van der Waals surface area contributed by atoms with E-state index in [2.05, 4.69) is 20.8 Å². The molecule has 7 nitrogen and oxygen atoms in total. The average molecular weight is 513 g/mol. The van der Waals surface area contributed by atoms with Gasteiger partial charge < -0.3 is 31.3 Å². The van der Waals surface area contributed by atoms with Gasteiger partial charge in [-0.1, -0.05) is 20.8 Å². The smallest absolute Gasteiger partial charge is 0.331 e. The Morgan fingerprint density at radius 2 is 0.719 bits per heavy atom. The van der Waals surface area contributed by atoms with E-state index in [0.29, 0.717) is 52.9 Å². The molecule has 0 radical (unpaired) electrons. The van der Waals surface area contributed by atoms with Crippen molar-refractivity contribution in [1.29, 1.82) is 0 Å². The molecule has 0 aliphatic rings. The molecule has 0 aromatic carbocycles. The van der Waals surface area contributed by atoms with E-state index in [9.17, 15) is 0 Å². The fourth-order valence-corrected chi connectivity index (χ4v) is 18.3. The molecule has 2 unspecified atom stereocenters. The van der Waals surface area contributed by atoms with Crippen LogP contribution in [0.4, 0.5) is 0 Å². The Kier molecular flexibility index (Phi) is 18.9. The first-order valence-corrected chi connectivity index (χ1v) is 19.5. The maximum atomic E-state index is 7.16. The van der Waals surface area contributed by atoms with E-state index in [4.69, 9.17) is 31.3 Å². The zero-order valence-electron chi connectivity index (χ0n) is 22.3. The Bertz CT molecular complexity index is 418. The molecule has 0 N–H and O–H groups in total. The van der Waals surface area contributed by atoms with Crippen molar-refractivity contribution in [3.05, 3.63) is 0 Å². The summed E-state index contributed by atoms with van der Waals surface area (Å²) in [5.41, 5.74) is 0. The summed E-state index contributed by atoms with van der Waals surface area (Å²) in [5.74, 6) is 0. The highest BCUT2D eigenvalue weighted by Gasteiger charge is 2.52. The van der Waals surface area contributed by atoms with Crippen LogP contribution in [0.1, 0.15) is 55.4 Å². The van der Waals surface area contributed by atoms with Crippen LogP contribution in [0.15, 0.2) is 0 Å². The fourth-order valence-electron chi connectivity index (χ4n) is 3.77. The van der Waals surface area contributed by atoms with Gasteiger partial charge in [-0.25, -0.2) is 0 Å². The van der Waals surface area contributed by atoms with Crippen LogP contribution in [0.3, 0.4) is 0 Å². The van der Waals surface area contributed by atoms with Crippen molar-refractivity contribution in [2.75, 3.05) is 52.9 Å². The molecule has 0 aromatic heterocycles. The maximum absolute atomic E-state index is 7.16. The van der Waals surface area contributed by atoms with Gasteiger partial charge in [0.15, 0.2) is 0 Å². The lowest BCUT2D eigenvalue weighted by Crippen LogP contribution is -2.61. The van der Waals surface area contributed by atoms with Gasteiger partial charge in [-0.3, -0.25) is 0 Å². The second-order valence-electron chi connectivity index (χ2n) is 7.70. The summed E-state index contributed by atoms with van der Waals surface area (Å²) in [6.07, 6.45) is 0. The standard InChI is InChI=1S/C22H52O7Si3/c1-9-23-17-20-30(14-6,26-12-4)28-32(16-8,22-19-25-11-3)29-31(15-7,27-13-5)21-18-24-10-2/h9-22H2,1-8H3. The quantitative estimate of drug-likeness (QED) is 0.131. The zero-order chi connectivity index (χ0) is 24.3. The molecule has 0 spiro atoms. The van der Waals surface area contributed by atoms with Gasteiger partial charge in [-0.15, -0.1) is 0 Å². The predicted octanol–water partition coefficient (Wildman–Crippen LogP) is 5.59. The van der Waals surface area contributed by atoms with Crippen LogP contribution in [0, 0.1) is 0 Å². The van der Waals surface area contributed by atoms with Gasteiger partial charge in [-0.2, -0.15) is 0 Å². The molecule has 0 rings (SSSR count). The summed E-state index contributed by atoms with van der Waals surface area (Å²) in [7, 11) is -7.69. The van der Waals surface area contributed by atoms with Crippen molar-refractivity contribution >= 4 is 25.7 Å². The van der Waals surface area contributed by atoms with Crippen molar-refractivity contribution in [2.24, 2.45) is 0 Å². The van der Waals surface area contributed by atoms with Crippen molar-refractivity contribution < 1.29 is 31.3 Å².